The van der Waals surface area contributed by atoms with Crippen LogP contribution in [0.5, 0.6) is 0 Å². The van der Waals surface area contributed by atoms with Crippen LogP contribution in [0.4, 0.5) is 11.4 Å². The van der Waals surface area contributed by atoms with Gasteiger partial charge in [-0.15, -0.1) is 0 Å². The van der Waals surface area contributed by atoms with Gasteiger partial charge in [0.25, 0.3) is 0 Å². The lowest BCUT2D eigenvalue weighted by atomic mass is 10.1. The molecule has 2 amide bonds. The standard InChI is InChI=1S/C17H19N5O3/c1-11-18-17(25-20-11)12-6-7-21(8-12)10-16(24)22-9-15(23)19-13-4-2-3-5-14(13)22/h2-5,12H,6-10H2,1H3,(H,19,23). The Labute approximate surface area is 144 Å². The Balaban J connectivity index is 1.44. The van der Waals surface area contributed by atoms with Crippen LogP contribution in [0.3, 0.4) is 0 Å². The lowest BCUT2D eigenvalue weighted by Crippen LogP contribution is -2.46. The van der Waals surface area contributed by atoms with Crippen molar-refractivity contribution in [1.82, 2.24) is 15.0 Å². The first-order valence-corrected chi connectivity index (χ1v) is 8.32. The number of anilines is 2. The Morgan fingerprint density at radius 2 is 2.24 bits per heavy atom. The predicted molar refractivity (Wildman–Crippen MR) is 90.3 cm³/mol. The number of aryl methyl sites for hydroxylation is 1. The zero-order chi connectivity index (χ0) is 17.4. The molecule has 130 valence electrons. The first kappa shape index (κ1) is 15.8. The van der Waals surface area contributed by atoms with Crippen LogP contribution in [0.2, 0.25) is 0 Å². The van der Waals surface area contributed by atoms with Gasteiger partial charge < -0.3 is 9.84 Å². The van der Waals surface area contributed by atoms with Gasteiger partial charge in [-0.25, -0.2) is 0 Å². The maximum Gasteiger partial charge on any atom is 0.244 e. The third-order valence-corrected chi connectivity index (χ3v) is 4.60. The molecule has 0 bridgehead atoms. The summed E-state index contributed by atoms with van der Waals surface area (Å²) in [6.07, 6.45) is 0.881. The quantitative estimate of drug-likeness (QED) is 0.900. The Bertz CT molecular complexity index is 818. The summed E-state index contributed by atoms with van der Waals surface area (Å²) < 4.78 is 5.24. The number of rotatable bonds is 3. The van der Waals surface area contributed by atoms with E-state index in [2.05, 4.69) is 20.4 Å². The number of likely N-dealkylation sites (tertiary alicyclic amines) is 1. The number of carbonyl (C=O) groups excluding carboxylic acids is 2. The molecule has 4 rings (SSSR count). The van der Waals surface area contributed by atoms with Gasteiger partial charge in [0.2, 0.25) is 17.7 Å². The summed E-state index contributed by atoms with van der Waals surface area (Å²) in [5, 5.41) is 6.62. The zero-order valence-corrected chi connectivity index (χ0v) is 13.9. The minimum Gasteiger partial charge on any atom is -0.339 e. The molecular weight excluding hydrogens is 322 g/mol. The largest absolute Gasteiger partial charge is 0.339 e. The molecule has 0 radical (unpaired) electrons. The van der Waals surface area contributed by atoms with Gasteiger partial charge in [-0.1, -0.05) is 17.3 Å². The number of hydrogen-bond donors (Lipinski definition) is 1. The van der Waals surface area contributed by atoms with Crippen LogP contribution in [0.25, 0.3) is 0 Å². The SMILES string of the molecule is Cc1noc(C2CCN(CC(=O)N3CC(=O)Nc4ccccc43)C2)n1. The smallest absolute Gasteiger partial charge is 0.244 e. The van der Waals surface area contributed by atoms with Crippen LogP contribution in [-0.4, -0.2) is 53.0 Å². The Morgan fingerprint density at radius 3 is 3.04 bits per heavy atom. The molecule has 2 aliphatic rings. The Kier molecular flexibility index (Phi) is 3.96. The summed E-state index contributed by atoms with van der Waals surface area (Å²) in [6, 6.07) is 7.35. The fourth-order valence-corrected chi connectivity index (χ4v) is 3.39. The monoisotopic (exact) mass is 341 g/mol. The van der Waals surface area contributed by atoms with E-state index in [-0.39, 0.29) is 30.8 Å². The molecule has 2 aromatic rings. The van der Waals surface area contributed by atoms with E-state index < -0.39 is 0 Å². The van der Waals surface area contributed by atoms with Gasteiger partial charge in [-0.05, 0) is 32.0 Å². The molecule has 1 unspecified atom stereocenters. The summed E-state index contributed by atoms with van der Waals surface area (Å²) in [4.78, 5) is 32.5. The number of para-hydroxylation sites is 2. The van der Waals surface area contributed by atoms with E-state index >= 15 is 0 Å². The van der Waals surface area contributed by atoms with Crippen LogP contribution in [0.15, 0.2) is 28.8 Å². The molecule has 1 saturated heterocycles. The second kappa shape index (κ2) is 6.29. The number of fused-ring (bicyclic) bond motifs is 1. The average molecular weight is 341 g/mol. The van der Waals surface area contributed by atoms with Gasteiger partial charge in [0.05, 0.1) is 23.8 Å². The van der Waals surface area contributed by atoms with Gasteiger partial charge in [0, 0.05) is 6.54 Å². The lowest BCUT2D eigenvalue weighted by molar-refractivity contribution is -0.122. The van der Waals surface area contributed by atoms with E-state index in [1.54, 1.807) is 17.9 Å². The molecule has 25 heavy (non-hydrogen) atoms. The van der Waals surface area contributed by atoms with Crippen molar-refractivity contribution in [3.63, 3.8) is 0 Å². The maximum absolute atomic E-state index is 12.8. The first-order valence-electron chi connectivity index (χ1n) is 8.32. The van der Waals surface area contributed by atoms with Gasteiger partial charge >= 0.3 is 0 Å². The molecule has 0 saturated carbocycles. The van der Waals surface area contributed by atoms with Gasteiger partial charge in [0.15, 0.2) is 5.82 Å². The van der Waals surface area contributed by atoms with Crippen molar-refractivity contribution in [2.24, 2.45) is 0 Å². The number of nitrogens with zero attached hydrogens (tertiary/aromatic N) is 4. The van der Waals surface area contributed by atoms with Gasteiger partial charge in [-0.3, -0.25) is 19.4 Å². The molecule has 1 aromatic heterocycles. The minimum absolute atomic E-state index is 0.0516. The number of hydrogen-bond acceptors (Lipinski definition) is 6. The van der Waals surface area contributed by atoms with Crippen molar-refractivity contribution in [3.05, 3.63) is 36.0 Å². The highest BCUT2D eigenvalue weighted by atomic mass is 16.5. The van der Waals surface area contributed by atoms with E-state index in [0.29, 0.717) is 23.9 Å². The number of amides is 2. The minimum atomic E-state index is -0.173. The van der Waals surface area contributed by atoms with E-state index in [1.165, 1.54) is 0 Å². The normalized spacial score (nSPS) is 20.4. The zero-order valence-electron chi connectivity index (χ0n) is 13.9. The lowest BCUT2D eigenvalue weighted by Gasteiger charge is -2.30. The number of nitrogens with one attached hydrogen (secondary N) is 1. The molecule has 8 nitrogen and oxygen atoms in total. The molecule has 3 heterocycles. The highest BCUT2D eigenvalue weighted by Crippen LogP contribution is 2.30. The second-order valence-electron chi connectivity index (χ2n) is 6.45. The van der Waals surface area contributed by atoms with Crippen LogP contribution in [-0.2, 0) is 9.59 Å². The molecule has 8 heteroatoms. The Hall–Kier alpha value is -2.74. The van der Waals surface area contributed by atoms with E-state index in [0.717, 1.165) is 18.7 Å². The maximum atomic E-state index is 12.8. The first-order chi connectivity index (χ1) is 12.1. The van der Waals surface area contributed by atoms with Gasteiger partial charge in [0.1, 0.15) is 6.54 Å². The molecular formula is C17H19N5O3. The highest BCUT2D eigenvalue weighted by Gasteiger charge is 2.32. The number of benzene rings is 1. The van der Waals surface area contributed by atoms with Crippen molar-refractivity contribution in [1.29, 1.82) is 0 Å². The van der Waals surface area contributed by atoms with E-state index in [9.17, 15) is 9.59 Å². The summed E-state index contributed by atoms with van der Waals surface area (Å²) in [7, 11) is 0. The second-order valence-corrected chi connectivity index (χ2v) is 6.45. The van der Waals surface area contributed by atoms with Crippen molar-refractivity contribution in [2.45, 2.75) is 19.3 Å². The van der Waals surface area contributed by atoms with Crippen LogP contribution >= 0.6 is 0 Å². The number of aromatic nitrogens is 2. The summed E-state index contributed by atoms with van der Waals surface area (Å²) in [5.74, 6) is 1.17. The molecule has 1 N–H and O–H groups in total. The number of carbonyl (C=O) groups is 2. The van der Waals surface area contributed by atoms with Crippen LogP contribution in [0, 0.1) is 6.92 Å². The van der Waals surface area contributed by atoms with Crippen LogP contribution in [0.1, 0.15) is 24.1 Å². The van der Waals surface area contributed by atoms with E-state index in [4.69, 9.17) is 4.52 Å². The third-order valence-electron chi connectivity index (χ3n) is 4.60. The highest BCUT2D eigenvalue weighted by molar-refractivity contribution is 6.10. The molecule has 0 aliphatic carbocycles. The van der Waals surface area contributed by atoms with Crippen molar-refractivity contribution in [2.75, 3.05) is 36.4 Å². The summed E-state index contributed by atoms with van der Waals surface area (Å²) in [5.41, 5.74) is 1.42. The average Bonchev–Trinajstić information content (AvgIpc) is 3.23. The molecule has 1 aromatic carbocycles. The molecule has 0 spiro atoms. The van der Waals surface area contributed by atoms with Crippen LogP contribution < -0.4 is 10.2 Å². The topological polar surface area (TPSA) is 91.6 Å². The van der Waals surface area contributed by atoms with Crippen molar-refractivity contribution in [3.8, 4) is 0 Å². The third kappa shape index (κ3) is 3.12. The summed E-state index contributed by atoms with van der Waals surface area (Å²) in [6.45, 7) is 3.61. The van der Waals surface area contributed by atoms with Crippen molar-refractivity contribution >= 4 is 23.2 Å². The van der Waals surface area contributed by atoms with Crippen molar-refractivity contribution < 1.29 is 14.1 Å². The molecule has 2 aliphatic heterocycles. The summed E-state index contributed by atoms with van der Waals surface area (Å²) >= 11 is 0. The van der Waals surface area contributed by atoms with Gasteiger partial charge in [-0.2, -0.15) is 4.98 Å². The predicted octanol–water partition coefficient (Wildman–Crippen LogP) is 1.15. The molecule has 1 atom stereocenters. The Morgan fingerprint density at radius 1 is 1.40 bits per heavy atom. The fraction of sp³-hybridized carbons (Fsp3) is 0.412. The molecule has 1 fully saturated rings. The van der Waals surface area contributed by atoms with E-state index in [1.807, 2.05) is 18.2 Å². The fourth-order valence-electron chi connectivity index (χ4n) is 3.39.